The van der Waals surface area contributed by atoms with Crippen molar-refractivity contribution in [3.8, 4) is 0 Å². The Morgan fingerprint density at radius 3 is 2.47 bits per heavy atom. The topological polar surface area (TPSA) is 17.1 Å². The van der Waals surface area contributed by atoms with Crippen molar-refractivity contribution in [2.24, 2.45) is 0 Å². The van der Waals surface area contributed by atoms with Crippen LogP contribution in [-0.4, -0.2) is 16.8 Å². The first-order chi connectivity index (χ1) is 9.09. The Hall–Kier alpha value is -0.970. The first-order valence-electron chi connectivity index (χ1n) is 6.38. The fourth-order valence-electron chi connectivity index (χ4n) is 2.24. The van der Waals surface area contributed by atoms with E-state index in [1.807, 2.05) is 0 Å². The number of Topliss-reactive ketones (excluding diaryl/α,β-unsaturated/α-hetero) is 1. The Bertz CT molecular complexity index is 470. The number of carbonyl (C=O) groups is 1. The molecule has 104 valence electrons. The van der Waals surface area contributed by atoms with E-state index in [1.165, 1.54) is 18.2 Å². The van der Waals surface area contributed by atoms with Gasteiger partial charge in [0.25, 0.3) is 0 Å². The van der Waals surface area contributed by atoms with Crippen molar-refractivity contribution in [1.29, 1.82) is 0 Å². The number of halogens is 3. The summed E-state index contributed by atoms with van der Waals surface area (Å²) in [5, 5.41) is 0.422. The highest BCUT2D eigenvalue weighted by atomic mass is 32.2. The molecule has 0 saturated heterocycles. The van der Waals surface area contributed by atoms with Crippen LogP contribution < -0.4 is 0 Å². The van der Waals surface area contributed by atoms with Crippen LogP contribution in [0.15, 0.2) is 12.1 Å². The van der Waals surface area contributed by atoms with E-state index in [0.717, 1.165) is 37.8 Å². The highest BCUT2D eigenvalue weighted by Crippen LogP contribution is 2.29. The van der Waals surface area contributed by atoms with E-state index < -0.39 is 23.2 Å². The molecular weight excluding hydrogens is 273 g/mol. The number of ketones is 1. The number of carbonyl (C=O) groups excluding carboxylic acids is 1. The van der Waals surface area contributed by atoms with Crippen LogP contribution in [0, 0.1) is 17.5 Å². The van der Waals surface area contributed by atoms with Crippen LogP contribution >= 0.6 is 11.8 Å². The van der Waals surface area contributed by atoms with E-state index in [9.17, 15) is 18.0 Å². The van der Waals surface area contributed by atoms with Crippen molar-refractivity contribution >= 4 is 17.5 Å². The van der Waals surface area contributed by atoms with Gasteiger partial charge in [-0.25, -0.2) is 13.2 Å². The zero-order valence-corrected chi connectivity index (χ0v) is 11.2. The fourth-order valence-corrected chi connectivity index (χ4v) is 3.45. The van der Waals surface area contributed by atoms with E-state index in [0.29, 0.717) is 5.25 Å². The average molecular weight is 288 g/mol. The van der Waals surface area contributed by atoms with Crippen molar-refractivity contribution < 1.29 is 18.0 Å². The van der Waals surface area contributed by atoms with Gasteiger partial charge in [0.2, 0.25) is 0 Å². The maximum atomic E-state index is 13.4. The second-order valence-corrected chi connectivity index (χ2v) is 6.01. The van der Waals surface area contributed by atoms with Gasteiger partial charge in [-0.3, -0.25) is 4.79 Å². The highest BCUT2D eigenvalue weighted by Gasteiger charge is 2.20. The van der Waals surface area contributed by atoms with Crippen LogP contribution in [0.1, 0.15) is 42.5 Å². The Labute approximate surface area is 114 Å². The summed E-state index contributed by atoms with van der Waals surface area (Å²) in [5.41, 5.74) is -0.359. The molecule has 1 aliphatic rings. The summed E-state index contributed by atoms with van der Waals surface area (Å²) < 4.78 is 39.2. The lowest BCUT2D eigenvalue weighted by Gasteiger charge is -2.20. The molecule has 19 heavy (non-hydrogen) atoms. The number of thioether (sulfide) groups is 1. The van der Waals surface area contributed by atoms with Crippen LogP contribution in [0.3, 0.4) is 0 Å². The van der Waals surface area contributed by atoms with E-state index >= 15 is 0 Å². The Morgan fingerprint density at radius 1 is 1.11 bits per heavy atom. The van der Waals surface area contributed by atoms with Gasteiger partial charge in [0.15, 0.2) is 23.2 Å². The minimum Gasteiger partial charge on any atom is -0.293 e. The third-order valence-corrected chi connectivity index (χ3v) is 4.71. The van der Waals surface area contributed by atoms with E-state index in [4.69, 9.17) is 0 Å². The first kappa shape index (κ1) is 14.4. The fraction of sp³-hybridized carbons (Fsp3) is 0.500. The van der Waals surface area contributed by atoms with Gasteiger partial charge in [0.1, 0.15) is 0 Å². The lowest BCUT2D eigenvalue weighted by Crippen LogP contribution is -2.14. The van der Waals surface area contributed by atoms with E-state index in [1.54, 1.807) is 0 Å². The smallest absolute Gasteiger partial charge is 0.195 e. The van der Waals surface area contributed by atoms with Gasteiger partial charge in [0.05, 0.1) is 11.3 Å². The molecule has 0 aliphatic heterocycles. The van der Waals surface area contributed by atoms with Gasteiger partial charge in [-0.2, -0.15) is 11.8 Å². The molecule has 0 unspecified atom stereocenters. The molecule has 1 aromatic rings. The van der Waals surface area contributed by atoms with Crippen molar-refractivity contribution in [1.82, 2.24) is 0 Å². The van der Waals surface area contributed by atoms with Gasteiger partial charge in [-0.05, 0) is 25.0 Å². The molecule has 1 saturated carbocycles. The maximum Gasteiger partial charge on any atom is 0.195 e. The lowest BCUT2D eigenvalue weighted by atomic mass is 10.0. The minimum absolute atomic E-state index is 0.118. The monoisotopic (exact) mass is 288 g/mol. The summed E-state index contributed by atoms with van der Waals surface area (Å²) in [4.78, 5) is 11.8. The molecule has 0 atom stereocenters. The molecule has 5 heteroatoms. The second-order valence-electron chi connectivity index (χ2n) is 4.72. The minimum atomic E-state index is -1.58. The SMILES string of the molecule is O=C(CSC1CCCCC1)c1ccc(F)c(F)c1F. The Balaban J connectivity index is 1.98. The maximum absolute atomic E-state index is 13.4. The second kappa shape index (κ2) is 6.46. The first-order valence-corrected chi connectivity index (χ1v) is 7.42. The van der Waals surface area contributed by atoms with Crippen LogP contribution in [0.25, 0.3) is 0 Å². The third kappa shape index (κ3) is 3.53. The molecule has 0 bridgehead atoms. The van der Waals surface area contributed by atoms with Crippen molar-refractivity contribution in [2.75, 3.05) is 5.75 Å². The number of benzene rings is 1. The normalized spacial score (nSPS) is 16.6. The van der Waals surface area contributed by atoms with E-state index in [2.05, 4.69) is 0 Å². The Morgan fingerprint density at radius 2 is 1.79 bits per heavy atom. The van der Waals surface area contributed by atoms with Crippen molar-refractivity contribution in [3.05, 3.63) is 35.1 Å². The molecular formula is C14H15F3OS. The summed E-state index contributed by atoms with van der Waals surface area (Å²) >= 11 is 1.49. The van der Waals surface area contributed by atoms with E-state index in [-0.39, 0.29) is 11.3 Å². The van der Waals surface area contributed by atoms with Crippen molar-refractivity contribution in [2.45, 2.75) is 37.4 Å². The van der Waals surface area contributed by atoms with Gasteiger partial charge in [-0.15, -0.1) is 0 Å². The molecule has 1 aromatic carbocycles. The van der Waals surface area contributed by atoms with Gasteiger partial charge >= 0.3 is 0 Å². The predicted octanol–water partition coefficient (Wildman–Crippen LogP) is 4.35. The zero-order valence-electron chi connectivity index (χ0n) is 10.4. The predicted molar refractivity (Wildman–Crippen MR) is 70.0 cm³/mol. The third-order valence-electron chi connectivity index (χ3n) is 3.34. The van der Waals surface area contributed by atoms with Crippen LogP contribution in [-0.2, 0) is 0 Å². The molecule has 0 N–H and O–H groups in total. The molecule has 0 amide bonds. The van der Waals surface area contributed by atoms with Crippen LogP contribution in [0.4, 0.5) is 13.2 Å². The number of hydrogen-bond acceptors (Lipinski definition) is 2. The standard InChI is InChI=1S/C14H15F3OS/c15-11-7-6-10(13(16)14(11)17)12(18)8-19-9-4-2-1-3-5-9/h6-7,9H,1-5,8H2. The molecule has 0 heterocycles. The Kier molecular flexibility index (Phi) is 4.91. The van der Waals surface area contributed by atoms with Crippen LogP contribution in [0.2, 0.25) is 0 Å². The van der Waals surface area contributed by atoms with Gasteiger partial charge < -0.3 is 0 Å². The number of hydrogen-bond donors (Lipinski definition) is 0. The lowest BCUT2D eigenvalue weighted by molar-refractivity contribution is 0.101. The van der Waals surface area contributed by atoms with Crippen molar-refractivity contribution in [3.63, 3.8) is 0 Å². The molecule has 0 spiro atoms. The molecule has 0 aromatic heterocycles. The summed E-state index contributed by atoms with van der Waals surface area (Å²) in [5.74, 6) is -4.59. The molecule has 2 rings (SSSR count). The van der Waals surface area contributed by atoms with Gasteiger partial charge in [-0.1, -0.05) is 19.3 Å². The van der Waals surface area contributed by atoms with Crippen LogP contribution in [0.5, 0.6) is 0 Å². The quantitative estimate of drug-likeness (QED) is 0.605. The highest BCUT2D eigenvalue weighted by molar-refractivity contribution is 8.00. The molecule has 1 fully saturated rings. The number of rotatable bonds is 4. The summed E-state index contributed by atoms with van der Waals surface area (Å²) in [7, 11) is 0. The average Bonchev–Trinajstić information content (AvgIpc) is 2.43. The molecule has 0 radical (unpaired) electrons. The molecule has 1 nitrogen and oxygen atoms in total. The summed E-state index contributed by atoms with van der Waals surface area (Å²) in [6, 6.07) is 1.80. The summed E-state index contributed by atoms with van der Waals surface area (Å²) in [6.45, 7) is 0. The van der Waals surface area contributed by atoms with Gasteiger partial charge in [0, 0.05) is 5.25 Å². The molecule has 1 aliphatic carbocycles. The largest absolute Gasteiger partial charge is 0.293 e. The zero-order chi connectivity index (χ0) is 13.8. The summed E-state index contributed by atoms with van der Waals surface area (Å²) in [6.07, 6.45) is 5.68.